The summed E-state index contributed by atoms with van der Waals surface area (Å²) in [6.45, 7) is 4.72. The number of methoxy groups -OCH3 is 1. The Morgan fingerprint density at radius 2 is 2.20 bits per heavy atom. The predicted octanol–water partition coefficient (Wildman–Crippen LogP) is 0.611. The minimum absolute atomic E-state index is 0.496. The van der Waals surface area contributed by atoms with E-state index in [1.54, 1.807) is 19.5 Å². The first kappa shape index (κ1) is 11.9. The number of ether oxygens (including phenoxy) is 2. The van der Waals surface area contributed by atoms with Gasteiger partial charge in [0, 0.05) is 19.9 Å². The van der Waals surface area contributed by atoms with Crippen molar-refractivity contribution in [3.63, 3.8) is 0 Å². The van der Waals surface area contributed by atoms with Crippen LogP contribution in [0.3, 0.4) is 0 Å². The van der Waals surface area contributed by atoms with Gasteiger partial charge < -0.3 is 14.8 Å². The summed E-state index contributed by atoms with van der Waals surface area (Å²) in [5.41, 5.74) is 0.881. The van der Waals surface area contributed by atoms with Gasteiger partial charge in [0.1, 0.15) is 6.61 Å². The fraction of sp³-hybridized carbons (Fsp3) is 0.600. The molecule has 0 unspecified atom stereocenters. The van der Waals surface area contributed by atoms with E-state index in [1.807, 2.05) is 6.92 Å². The molecular formula is C10H17N3O2. The molecule has 15 heavy (non-hydrogen) atoms. The molecule has 0 bridgehead atoms. The fourth-order valence-electron chi connectivity index (χ4n) is 1.02. The third kappa shape index (κ3) is 4.71. The first-order chi connectivity index (χ1) is 7.36. The molecule has 0 saturated carbocycles. The van der Waals surface area contributed by atoms with Crippen LogP contribution >= 0.6 is 0 Å². The van der Waals surface area contributed by atoms with E-state index in [2.05, 4.69) is 15.3 Å². The van der Waals surface area contributed by atoms with Crippen molar-refractivity contribution >= 4 is 0 Å². The molecule has 0 aliphatic carbocycles. The lowest BCUT2D eigenvalue weighted by Gasteiger charge is -2.05. The maximum absolute atomic E-state index is 5.34. The molecule has 0 saturated heterocycles. The molecule has 5 heteroatoms. The maximum atomic E-state index is 5.34. The molecule has 0 fully saturated rings. The van der Waals surface area contributed by atoms with Gasteiger partial charge in [0.25, 0.3) is 0 Å². The van der Waals surface area contributed by atoms with Crippen molar-refractivity contribution < 1.29 is 9.47 Å². The van der Waals surface area contributed by atoms with Crippen molar-refractivity contribution in [1.29, 1.82) is 0 Å². The lowest BCUT2D eigenvalue weighted by molar-refractivity contribution is 0.143. The Morgan fingerprint density at radius 3 is 2.93 bits per heavy atom. The molecule has 1 aromatic heterocycles. The van der Waals surface area contributed by atoms with E-state index >= 15 is 0 Å². The number of hydrogen-bond acceptors (Lipinski definition) is 5. The summed E-state index contributed by atoms with van der Waals surface area (Å²) >= 11 is 0. The second kappa shape index (κ2) is 7.14. The number of rotatable bonds is 7. The molecule has 0 spiro atoms. The van der Waals surface area contributed by atoms with Crippen molar-refractivity contribution in [3.05, 3.63) is 18.1 Å². The van der Waals surface area contributed by atoms with Gasteiger partial charge in [0.15, 0.2) is 0 Å². The van der Waals surface area contributed by atoms with Gasteiger partial charge in [-0.1, -0.05) is 6.92 Å². The van der Waals surface area contributed by atoms with E-state index < -0.39 is 0 Å². The number of nitrogens with zero attached hydrogens (tertiary/aromatic N) is 2. The molecule has 5 nitrogen and oxygen atoms in total. The van der Waals surface area contributed by atoms with E-state index in [-0.39, 0.29) is 0 Å². The van der Waals surface area contributed by atoms with Gasteiger partial charge in [-0.05, 0) is 6.54 Å². The average Bonchev–Trinajstić information content (AvgIpc) is 2.27. The first-order valence-electron chi connectivity index (χ1n) is 5.00. The Labute approximate surface area is 89.8 Å². The van der Waals surface area contributed by atoms with Gasteiger partial charge in [0.05, 0.1) is 18.5 Å². The summed E-state index contributed by atoms with van der Waals surface area (Å²) in [7, 11) is 1.64. The van der Waals surface area contributed by atoms with Crippen LogP contribution in [0.2, 0.25) is 0 Å². The highest BCUT2D eigenvalue weighted by atomic mass is 16.5. The van der Waals surface area contributed by atoms with Gasteiger partial charge in [-0.25, -0.2) is 4.98 Å². The summed E-state index contributed by atoms with van der Waals surface area (Å²) in [5.74, 6) is 0.544. The standard InChI is InChI=1S/C10H17N3O2/c1-3-11-6-9-7-12-8-10(13-9)15-5-4-14-2/h7-8,11H,3-6H2,1-2H3. The van der Waals surface area contributed by atoms with Crippen LogP contribution in [0.25, 0.3) is 0 Å². The largest absolute Gasteiger partial charge is 0.474 e. The Morgan fingerprint density at radius 1 is 1.33 bits per heavy atom. The zero-order valence-corrected chi connectivity index (χ0v) is 9.19. The van der Waals surface area contributed by atoms with E-state index in [0.717, 1.165) is 12.2 Å². The SMILES string of the molecule is CCNCc1cncc(OCCOC)n1. The van der Waals surface area contributed by atoms with Gasteiger partial charge in [-0.3, -0.25) is 4.98 Å². The molecule has 0 aliphatic heterocycles. The second-order valence-corrected chi connectivity index (χ2v) is 2.97. The fourth-order valence-corrected chi connectivity index (χ4v) is 1.02. The van der Waals surface area contributed by atoms with E-state index in [1.165, 1.54) is 0 Å². The molecular weight excluding hydrogens is 194 g/mol. The van der Waals surface area contributed by atoms with E-state index in [0.29, 0.717) is 25.6 Å². The van der Waals surface area contributed by atoms with Gasteiger partial charge in [-0.2, -0.15) is 0 Å². The Kier molecular flexibility index (Phi) is 5.65. The molecule has 1 aromatic rings. The third-order valence-electron chi connectivity index (χ3n) is 1.76. The van der Waals surface area contributed by atoms with Gasteiger partial charge >= 0.3 is 0 Å². The van der Waals surface area contributed by atoms with Crippen LogP contribution in [-0.4, -0.2) is 36.8 Å². The summed E-state index contributed by atoms with van der Waals surface area (Å²) < 4.78 is 10.2. The van der Waals surface area contributed by atoms with Crippen molar-refractivity contribution in [1.82, 2.24) is 15.3 Å². The second-order valence-electron chi connectivity index (χ2n) is 2.97. The first-order valence-corrected chi connectivity index (χ1v) is 5.00. The van der Waals surface area contributed by atoms with Crippen LogP contribution in [0.5, 0.6) is 5.88 Å². The lowest BCUT2D eigenvalue weighted by atomic mass is 10.4. The summed E-state index contributed by atoms with van der Waals surface area (Å²) in [5, 5.41) is 3.18. The molecule has 1 N–H and O–H groups in total. The quantitative estimate of drug-likeness (QED) is 0.670. The maximum Gasteiger partial charge on any atom is 0.232 e. The monoisotopic (exact) mass is 211 g/mol. The van der Waals surface area contributed by atoms with E-state index in [9.17, 15) is 0 Å². The van der Waals surface area contributed by atoms with Gasteiger partial charge in [-0.15, -0.1) is 0 Å². The number of aromatic nitrogens is 2. The molecule has 0 radical (unpaired) electrons. The minimum Gasteiger partial charge on any atom is -0.474 e. The highest BCUT2D eigenvalue weighted by molar-refractivity contribution is 5.08. The van der Waals surface area contributed by atoms with Crippen LogP contribution in [0.4, 0.5) is 0 Å². The number of hydrogen-bond donors (Lipinski definition) is 1. The average molecular weight is 211 g/mol. The van der Waals surface area contributed by atoms with Crippen molar-refractivity contribution in [3.8, 4) is 5.88 Å². The lowest BCUT2D eigenvalue weighted by Crippen LogP contribution is -2.14. The number of nitrogens with one attached hydrogen (secondary N) is 1. The predicted molar refractivity (Wildman–Crippen MR) is 56.8 cm³/mol. The van der Waals surface area contributed by atoms with Crippen LogP contribution < -0.4 is 10.1 Å². The van der Waals surface area contributed by atoms with Crippen LogP contribution in [0.15, 0.2) is 12.4 Å². The molecule has 0 amide bonds. The van der Waals surface area contributed by atoms with Gasteiger partial charge in [0.2, 0.25) is 5.88 Å². The zero-order chi connectivity index (χ0) is 10.9. The van der Waals surface area contributed by atoms with E-state index in [4.69, 9.17) is 9.47 Å². The highest BCUT2D eigenvalue weighted by Gasteiger charge is 1.98. The molecule has 0 aliphatic rings. The third-order valence-corrected chi connectivity index (χ3v) is 1.76. The minimum atomic E-state index is 0.496. The smallest absolute Gasteiger partial charge is 0.232 e. The Bertz CT molecular complexity index is 281. The topological polar surface area (TPSA) is 56.3 Å². The van der Waals surface area contributed by atoms with Crippen molar-refractivity contribution in [2.45, 2.75) is 13.5 Å². The van der Waals surface area contributed by atoms with Crippen LogP contribution in [0.1, 0.15) is 12.6 Å². The molecule has 84 valence electrons. The Hall–Kier alpha value is -1.20. The molecule has 0 atom stereocenters. The summed E-state index contributed by atoms with van der Waals surface area (Å²) in [6, 6.07) is 0. The summed E-state index contributed by atoms with van der Waals surface area (Å²) in [6.07, 6.45) is 3.33. The zero-order valence-electron chi connectivity index (χ0n) is 9.19. The van der Waals surface area contributed by atoms with Crippen LogP contribution in [0, 0.1) is 0 Å². The highest BCUT2D eigenvalue weighted by Crippen LogP contribution is 2.04. The molecule has 1 heterocycles. The summed E-state index contributed by atoms with van der Waals surface area (Å²) in [4.78, 5) is 8.33. The normalized spacial score (nSPS) is 10.3. The molecule has 1 rings (SSSR count). The Balaban J connectivity index is 2.42. The van der Waals surface area contributed by atoms with Crippen LogP contribution in [-0.2, 0) is 11.3 Å². The molecule has 0 aromatic carbocycles. The van der Waals surface area contributed by atoms with Crippen molar-refractivity contribution in [2.24, 2.45) is 0 Å². The van der Waals surface area contributed by atoms with Crippen molar-refractivity contribution in [2.75, 3.05) is 26.9 Å².